The Balaban J connectivity index is 1.30. The first kappa shape index (κ1) is 32.6. The number of likely N-dealkylation sites (N-methyl/N-ethyl adjacent to an activating group) is 1. The topological polar surface area (TPSA) is 85.0 Å². The van der Waals surface area contributed by atoms with Gasteiger partial charge < -0.3 is 20.4 Å². The van der Waals surface area contributed by atoms with Gasteiger partial charge in [0.1, 0.15) is 17.9 Å². The first-order valence-electron chi connectivity index (χ1n) is 15.7. The molecule has 0 aromatic heterocycles. The lowest BCUT2D eigenvalue weighted by molar-refractivity contribution is -0.141. The Morgan fingerprint density at radius 3 is 2.31 bits per heavy atom. The van der Waals surface area contributed by atoms with Gasteiger partial charge in [0.15, 0.2) is 0 Å². The average Bonchev–Trinajstić information content (AvgIpc) is 3.46. The van der Waals surface area contributed by atoms with Crippen LogP contribution in [0.3, 0.4) is 0 Å². The summed E-state index contributed by atoms with van der Waals surface area (Å²) in [4.78, 5) is 46.4. The van der Waals surface area contributed by atoms with Crippen LogP contribution in [-0.4, -0.2) is 77.7 Å². The minimum absolute atomic E-state index is 0.116. The highest BCUT2D eigenvalue weighted by molar-refractivity contribution is 6.30. The minimum Gasteiger partial charge on any atom is -0.344 e. The number of piperazine rings is 1. The van der Waals surface area contributed by atoms with Crippen molar-refractivity contribution in [2.24, 2.45) is 0 Å². The molecule has 238 valence electrons. The summed E-state index contributed by atoms with van der Waals surface area (Å²) in [7, 11) is 0. The molecular formula is C35H41ClFN5O3. The van der Waals surface area contributed by atoms with Crippen LogP contribution in [0.1, 0.15) is 54.6 Å². The van der Waals surface area contributed by atoms with Crippen molar-refractivity contribution >= 4 is 29.3 Å². The fourth-order valence-corrected chi connectivity index (χ4v) is 6.49. The number of carbonyl (C=O) groups excluding carboxylic acids is 3. The zero-order valence-electron chi connectivity index (χ0n) is 25.8. The molecule has 2 unspecified atom stereocenters. The van der Waals surface area contributed by atoms with Gasteiger partial charge in [-0.15, -0.1) is 0 Å². The van der Waals surface area contributed by atoms with Crippen LogP contribution in [0.25, 0.3) is 0 Å². The second kappa shape index (κ2) is 15.0. The minimum atomic E-state index is -0.783. The number of nitrogens with zero attached hydrogens (tertiary/aromatic N) is 3. The van der Waals surface area contributed by atoms with Crippen LogP contribution in [-0.2, 0) is 27.3 Å². The molecule has 8 nitrogen and oxygen atoms in total. The lowest BCUT2D eigenvalue weighted by atomic mass is 10.0. The van der Waals surface area contributed by atoms with Gasteiger partial charge in [0, 0.05) is 75.3 Å². The fraction of sp³-hybridized carbons (Fsp3) is 0.400. The maximum Gasteiger partial charge on any atom is 0.245 e. The third-order valence-corrected chi connectivity index (χ3v) is 9.10. The SMILES string of the molecule is CCN(CC)C(=O)C(c1ccccc1F)N1CCN(C(=O)[C@@H](Cc2ccc(Cl)cc2)NC(=O)CC2NCc3ccccc32)CC1. The second-order valence-corrected chi connectivity index (χ2v) is 12.0. The van der Waals surface area contributed by atoms with Crippen LogP contribution < -0.4 is 10.6 Å². The zero-order valence-corrected chi connectivity index (χ0v) is 26.6. The van der Waals surface area contributed by atoms with Gasteiger partial charge in [-0.2, -0.15) is 0 Å². The summed E-state index contributed by atoms with van der Waals surface area (Å²) in [6, 6.07) is 20.0. The van der Waals surface area contributed by atoms with E-state index in [1.54, 1.807) is 40.1 Å². The number of carbonyl (C=O) groups is 3. The summed E-state index contributed by atoms with van der Waals surface area (Å²) in [5, 5.41) is 7.02. The molecular weight excluding hydrogens is 593 g/mol. The number of hydrogen-bond donors (Lipinski definition) is 2. The van der Waals surface area contributed by atoms with Crippen LogP contribution in [0, 0.1) is 5.82 Å². The number of nitrogens with one attached hydrogen (secondary N) is 2. The maximum absolute atomic E-state index is 15.0. The first-order chi connectivity index (χ1) is 21.8. The summed E-state index contributed by atoms with van der Waals surface area (Å²) >= 11 is 6.10. The predicted octanol–water partition coefficient (Wildman–Crippen LogP) is 4.49. The zero-order chi connectivity index (χ0) is 31.9. The fourth-order valence-electron chi connectivity index (χ4n) is 6.37. The molecule has 0 saturated carbocycles. The van der Waals surface area contributed by atoms with E-state index in [-0.39, 0.29) is 30.2 Å². The molecule has 1 fully saturated rings. The number of rotatable bonds is 11. The largest absolute Gasteiger partial charge is 0.344 e. The van der Waals surface area contributed by atoms with E-state index in [2.05, 4.69) is 16.7 Å². The molecule has 0 radical (unpaired) electrons. The average molecular weight is 634 g/mol. The van der Waals surface area contributed by atoms with E-state index in [4.69, 9.17) is 11.6 Å². The van der Waals surface area contributed by atoms with Gasteiger partial charge in [0.2, 0.25) is 17.7 Å². The van der Waals surface area contributed by atoms with Gasteiger partial charge in [-0.3, -0.25) is 19.3 Å². The molecule has 5 rings (SSSR count). The van der Waals surface area contributed by atoms with Gasteiger partial charge in [-0.1, -0.05) is 66.2 Å². The molecule has 2 aliphatic heterocycles. The lowest BCUT2D eigenvalue weighted by Crippen LogP contribution is -2.57. The molecule has 0 bridgehead atoms. The van der Waals surface area contributed by atoms with Crippen LogP contribution >= 0.6 is 11.6 Å². The highest BCUT2D eigenvalue weighted by Gasteiger charge is 2.37. The molecule has 2 N–H and O–H groups in total. The Hall–Kier alpha value is -3.79. The quantitative estimate of drug-likeness (QED) is 0.325. The van der Waals surface area contributed by atoms with Crippen molar-refractivity contribution in [3.05, 3.63) is 106 Å². The molecule has 3 atom stereocenters. The number of halogens is 2. The van der Waals surface area contributed by atoms with Gasteiger partial charge in [0.25, 0.3) is 0 Å². The van der Waals surface area contributed by atoms with Crippen LogP contribution in [0.2, 0.25) is 5.02 Å². The van der Waals surface area contributed by atoms with E-state index >= 15 is 4.39 Å². The van der Waals surface area contributed by atoms with Crippen LogP contribution in [0.5, 0.6) is 0 Å². The summed E-state index contributed by atoms with van der Waals surface area (Å²) < 4.78 is 15.0. The van der Waals surface area contributed by atoms with Crippen LogP contribution in [0.4, 0.5) is 4.39 Å². The molecule has 3 aromatic carbocycles. The van der Waals surface area contributed by atoms with E-state index in [0.29, 0.717) is 62.8 Å². The van der Waals surface area contributed by atoms with Crippen molar-refractivity contribution in [3.63, 3.8) is 0 Å². The molecule has 2 aliphatic rings. The summed E-state index contributed by atoms with van der Waals surface area (Å²) in [5.74, 6) is -0.971. The maximum atomic E-state index is 15.0. The molecule has 0 aliphatic carbocycles. The van der Waals surface area contributed by atoms with Gasteiger partial charge in [0.05, 0.1) is 0 Å². The number of amides is 3. The molecule has 10 heteroatoms. The predicted molar refractivity (Wildman–Crippen MR) is 173 cm³/mol. The van der Waals surface area contributed by atoms with Crippen molar-refractivity contribution in [2.45, 2.75) is 51.4 Å². The number of fused-ring (bicyclic) bond motifs is 1. The Kier molecular flexibility index (Phi) is 10.9. The van der Waals surface area contributed by atoms with E-state index in [1.165, 1.54) is 11.6 Å². The highest BCUT2D eigenvalue weighted by Crippen LogP contribution is 2.29. The van der Waals surface area contributed by atoms with E-state index in [9.17, 15) is 14.4 Å². The molecule has 2 heterocycles. The Bertz CT molecular complexity index is 1490. The van der Waals surface area contributed by atoms with Crippen molar-refractivity contribution in [1.29, 1.82) is 0 Å². The normalized spacial score (nSPS) is 17.8. The van der Waals surface area contributed by atoms with Crippen molar-refractivity contribution < 1.29 is 18.8 Å². The lowest BCUT2D eigenvalue weighted by Gasteiger charge is -2.41. The molecule has 0 spiro atoms. The molecule has 3 amide bonds. The van der Waals surface area contributed by atoms with Crippen molar-refractivity contribution in [1.82, 2.24) is 25.3 Å². The molecule has 1 saturated heterocycles. The number of benzene rings is 3. The smallest absolute Gasteiger partial charge is 0.245 e. The monoisotopic (exact) mass is 633 g/mol. The second-order valence-electron chi connectivity index (χ2n) is 11.6. The van der Waals surface area contributed by atoms with Gasteiger partial charge in [-0.25, -0.2) is 4.39 Å². The molecule has 3 aromatic rings. The summed E-state index contributed by atoms with van der Waals surface area (Å²) in [5.41, 5.74) is 3.50. The summed E-state index contributed by atoms with van der Waals surface area (Å²) in [6.45, 7) is 7.04. The highest BCUT2D eigenvalue weighted by atomic mass is 35.5. The van der Waals surface area contributed by atoms with E-state index < -0.39 is 17.9 Å². The van der Waals surface area contributed by atoms with Crippen LogP contribution in [0.15, 0.2) is 72.8 Å². The third kappa shape index (κ3) is 7.72. The Labute approximate surface area is 269 Å². The summed E-state index contributed by atoms with van der Waals surface area (Å²) in [6.07, 6.45) is 0.530. The van der Waals surface area contributed by atoms with E-state index in [1.807, 2.05) is 49.1 Å². The first-order valence-corrected chi connectivity index (χ1v) is 16.1. The van der Waals surface area contributed by atoms with E-state index in [0.717, 1.165) is 11.1 Å². The molecule has 45 heavy (non-hydrogen) atoms. The third-order valence-electron chi connectivity index (χ3n) is 8.85. The Morgan fingerprint density at radius 1 is 0.956 bits per heavy atom. The van der Waals surface area contributed by atoms with Gasteiger partial charge >= 0.3 is 0 Å². The standard InChI is InChI=1S/C35H41ClFN5O3/c1-3-40(4-2)35(45)33(28-11-7-8-12-29(28)37)41-17-19-42(20-18-41)34(44)31(21-24-13-15-26(36)16-14-24)39-32(43)22-30-27-10-6-5-9-25(27)23-38-30/h5-16,30-31,33,38H,3-4,17-23H2,1-2H3,(H,39,43)/t30?,31-,33?/m1/s1. The number of hydrogen-bond acceptors (Lipinski definition) is 5. The van der Waals surface area contributed by atoms with Gasteiger partial charge in [-0.05, 0) is 48.7 Å². The van der Waals surface area contributed by atoms with Crippen molar-refractivity contribution in [3.8, 4) is 0 Å². The Morgan fingerprint density at radius 2 is 1.62 bits per heavy atom. The van der Waals surface area contributed by atoms with Crippen molar-refractivity contribution in [2.75, 3.05) is 39.3 Å².